The second-order valence-corrected chi connectivity index (χ2v) is 4.60. The summed E-state index contributed by atoms with van der Waals surface area (Å²) in [5, 5.41) is 8.92. The van der Waals surface area contributed by atoms with Crippen LogP contribution in [0.1, 0.15) is 5.56 Å². The van der Waals surface area contributed by atoms with Gasteiger partial charge in [0, 0.05) is 6.54 Å². The monoisotopic (exact) mass is 271 g/mol. The molecule has 0 saturated heterocycles. The molecule has 2 unspecified atom stereocenters. The molecule has 0 aliphatic carbocycles. The average Bonchev–Trinajstić information content (AvgIpc) is 2.96. The summed E-state index contributed by atoms with van der Waals surface area (Å²) in [6.45, 7) is 0.994. The van der Waals surface area contributed by atoms with Crippen molar-refractivity contribution in [3.05, 3.63) is 48.0 Å². The summed E-state index contributed by atoms with van der Waals surface area (Å²) >= 11 is 0. The normalized spacial score (nSPS) is 18.8. The van der Waals surface area contributed by atoms with E-state index in [1.165, 1.54) is 4.90 Å². The van der Waals surface area contributed by atoms with Crippen molar-refractivity contribution in [2.24, 2.45) is 5.73 Å². The zero-order valence-electron chi connectivity index (χ0n) is 11.1. The number of nitriles is 1. The Morgan fingerprint density at radius 2 is 2.25 bits per heavy atom. The van der Waals surface area contributed by atoms with Crippen molar-refractivity contribution in [1.29, 1.82) is 5.26 Å². The Morgan fingerprint density at radius 1 is 1.50 bits per heavy atom. The van der Waals surface area contributed by atoms with Crippen molar-refractivity contribution in [3.8, 4) is 6.07 Å². The maximum Gasteiger partial charge on any atom is 0.243 e. The number of hydrogen-bond acceptors (Lipinski definition) is 4. The molecule has 0 bridgehead atoms. The molecule has 0 fully saturated rings. The summed E-state index contributed by atoms with van der Waals surface area (Å²) in [4.78, 5) is 13.5. The number of carbonyl (C=O) groups excluding carboxylic acids is 1. The van der Waals surface area contributed by atoms with Gasteiger partial charge in [0.1, 0.15) is 12.1 Å². The Labute approximate surface area is 118 Å². The first-order chi connectivity index (χ1) is 9.72. The maximum absolute atomic E-state index is 12.1. The lowest BCUT2D eigenvalue weighted by atomic mass is 10.2. The highest BCUT2D eigenvalue weighted by molar-refractivity contribution is 5.83. The second-order valence-electron chi connectivity index (χ2n) is 4.60. The van der Waals surface area contributed by atoms with Crippen molar-refractivity contribution in [2.75, 3.05) is 13.2 Å². The third-order valence-electron chi connectivity index (χ3n) is 3.10. The van der Waals surface area contributed by atoms with Crippen LogP contribution < -0.4 is 5.73 Å². The molecule has 0 radical (unpaired) electrons. The van der Waals surface area contributed by atoms with E-state index < -0.39 is 12.1 Å². The van der Waals surface area contributed by atoms with Gasteiger partial charge in [0.2, 0.25) is 5.91 Å². The molecule has 0 aromatic heterocycles. The molecule has 0 spiro atoms. The Balaban J connectivity index is 1.79. The van der Waals surface area contributed by atoms with Crippen LogP contribution in [0.25, 0.3) is 0 Å². The molecule has 104 valence electrons. The molecule has 5 heteroatoms. The quantitative estimate of drug-likeness (QED) is 0.804. The smallest absolute Gasteiger partial charge is 0.243 e. The lowest BCUT2D eigenvalue weighted by molar-refractivity contribution is -0.133. The van der Waals surface area contributed by atoms with Gasteiger partial charge in [-0.05, 0) is 11.6 Å². The number of benzene rings is 1. The van der Waals surface area contributed by atoms with E-state index in [9.17, 15) is 4.79 Å². The third kappa shape index (κ3) is 3.44. The van der Waals surface area contributed by atoms with Crippen molar-refractivity contribution in [3.63, 3.8) is 0 Å². The van der Waals surface area contributed by atoms with Crippen molar-refractivity contribution >= 4 is 5.91 Å². The summed E-state index contributed by atoms with van der Waals surface area (Å²) in [6, 6.07) is 10.5. The van der Waals surface area contributed by atoms with Crippen molar-refractivity contribution in [2.45, 2.75) is 18.7 Å². The third-order valence-corrected chi connectivity index (χ3v) is 3.10. The lowest BCUT2D eigenvalue weighted by Gasteiger charge is -2.23. The highest BCUT2D eigenvalue weighted by atomic mass is 16.5. The molecule has 1 aliphatic rings. The van der Waals surface area contributed by atoms with Gasteiger partial charge in [-0.2, -0.15) is 5.26 Å². The first-order valence-corrected chi connectivity index (χ1v) is 6.46. The van der Waals surface area contributed by atoms with E-state index >= 15 is 0 Å². The largest absolute Gasteiger partial charge is 0.375 e. The van der Waals surface area contributed by atoms with E-state index in [1.54, 1.807) is 12.2 Å². The van der Waals surface area contributed by atoms with E-state index in [1.807, 2.05) is 30.3 Å². The number of nitrogens with zero attached hydrogens (tertiary/aromatic N) is 2. The number of carbonyl (C=O) groups is 1. The van der Waals surface area contributed by atoms with E-state index in [-0.39, 0.29) is 12.5 Å². The molecular weight excluding hydrogens is 254 g/mol. The van der Waals surface area contributed by atoms with Crippen LogP contribution in [-0.2, 0) is 16.1 Å². The summed E-state index contributed by atoms with van der Waals surface area (Å²) in [6.07, 6.45) is 3.50. The molecule has 5 nitrogen and oxygen atoms in total. The molecule has 1 aromatic carbocycles. The van der Waals surface area contributed by atoms with Crippen LogP contribution >= 0.6 is 0 Å². The lowest BCUT2D eigenvalue weighted by Crippen LogP contribution is -2.48. The predicted molar refractivity (Wildman–Crippen MR) is 74.3 cm³/mol. The Bertz CT molecular complexity index is 522. The Hall–Kier alpha value is -2.16. The molecule has 2 atom stereocenters. The van der Waals surface area contributed by atoms with Crippen LogP contribution in [0.2, 0.25) is 0 Å². The molecule has 1 heterocycles. The van der Waals surface area contributed by atoms with Gasteiger partial charge in [-0.25, -0.2) is 0 Å². The van der Waals surface area contributed by atoms with Gasteiger partial charge in [0.05, 0.1) is 19.3 Å². The second kappa shape index (κ2) is 6.85. The fourth-order valence-corrected chi connectivity index (χ4v) is 2.02. The highest BCUT2D eigenvalue weighted by Gasteiger charge is 2.28. The van der Waals surface area contributed by atoms with Gasteiger partial charge in [-0.15, -0.1) is 0 Å². The summed E-state index contributed by atoms with van der Waals surface area (Å²) < 4.78 is 5.46. The fraction of sp³-hybridized carbons (Fsp3) is 0.333. The van der Waals surface area contributed by atoms with E-state index in [2.05, 4.69) is 6.07 Å². The number of hydrogen-bond donors (Lipinski definition) is 1. The van der Waals surface area contributed by atoms with Gasteiger partial charge in [0.15, 0.2) is 0 Å². The molecular formula is C15H17N3O2. The van der Waals surface area contributed by atoms with Gasteiger partial charge in [-0.3, -0.25) is 4.79 Å². The molecule has 0 saturated carbocycles. The zero-order chi connectivity index (χ0) is 14.4. The SMILES string of the molecule is N#CC1C=CCN1C(=O)C(N)COCc1ccccc1. The minimum atomic E-state index is -0.741. The van der Waals surface area contributed by atoms with E-state index in [4.69, 9.17) is 15.7 Å². The van der Waals surface area contributed by atoms with Crippen LogP contribution in [0.3, 0.4) is 0 Å². The Kier molecular flexibility index (Phi) is 4.88. The van der Waals surface area contributed by atoms with Crippen LogP contribution in [0, 0.1) is 11.3 Å². The summed E-state index contributed by atoms with van der Waals surface area (Å²) in [7, 11) is 0. The minimum Gasteiger partial charge on any atom is -0.375 e. The van der Waals surface area contributed by atoms with Crippen LogP contribution in [0.15, 0.2) is 42.5 Å². The van der Waals surface area contributed by atoms with Crippen molar-refractivity contribution in [1.82, 2.24) is 4.90 Å². The van der Waals surface area contributed by atoms with Gasteiger partial charge in [0.25, 0.3) is 0 Å². The number of rotatable bonds is 5. The van der Waals surface area contributed by atoms with Crippen LogP contribution in [0.5, 0.6) is 0 Å². The predicted octanol–water partition coefficient (Wildman–Crippen LogP) is 0.821. The molecule has 20 heavy (non-hydrogen) atoms. The van der Waals surface area contributed by atoms with Crippen LogP contribution in [0.4, 0.5) is 0 Å². The topological polar surface area (TPSA) is 79.4 Å². The number of nitrogens with two attached hydrogens (primary N) is 1. The van der Waals surface area contributed by atoms with Gasteiger partial charge in [-0.1, -0.05) is 36.4 Å². The Morgan fingerprint density at radius 3 is 2.95 bits per heavy atom. The first kappa shape index (κ1) is 14.3. The first-order valence-electron chi connectivity index (χ1n) is 6.46. The number of amides is 1. The number of ether oxygens (including phenoxy) is 1. The summed E-state index contributed by atoms with van der Waals surface area (Å²) in [5.41, 5.74) is 6.86. The van der Waals surface area contributed by atoms with E-state index in [0.717, 1.165) is 5.56 Å². The minimum absolute atomic E-state index is 0.141. The molecule has 1 aliphatic heterocycles. The van der Waals surface area contributed by atoms with Gasteiger partial charge >= 0.3 is 0 Å². The molecule has 2 rings (SSSR count). The standard InChI is InChI=1S/C15H17N3O2/c16-9-13-7-4-8-18(13)15(19)14(17)11-20-10-12-5-2-1-3-6-12/h1-7,13-14H,8,10-11,17H2. The average molecular weight is 271 g/mol. The van der Waals surface area contributed by atoms with Gasteiger partial charge < -0.3 is 15.4 Å². The fourth-order valence-electron chi connectivity index (χ4n) is 2.02. The molecule has 2 N–H and O–H groups in total. The van der Waals surface area contributed by atoms with Crippen LogP contribution in [-0.4, -0.2) is 36.0 Å². The molecule has 1 aromatic rings. The highest BCUT2D eigenvalue weighted by Crippen LogP contribution is 2.10. The maximum atomic E-state index is 12.1. The zero-order valence-corrected chi connectivity index (χ0v) is 11.1. The van der Waals surface area contributed by atoms with E-state index in [0.29, 0.717) is 13.2 Å². The summed E-state index contributed by atoms with van der Waals surface area (Å²) in [5.74, 6) is -0.255. The van der Waals surface area contributed by atoms with Crippen molar-refractivity contribution < 1.29 is 9.53 Å². The molecule has 1 amide bonds.